The molecule has 1 amide bonds. The molecule has 0 aliphatic heterocycles. The first-order valence-electron chi connectivity index (χ1n) is 6.28. The Morgan fingerprint density at radius 2 is 1.94 bits per heavy atom. The van der Waals surface area contributed by atoms with Gasteiger partial charge in [-0.2, -0.15) is 0 Å². The van der Waals surface area contributed by atoms with Gasteiger partial charge in [-0.05, 0) is 45.6 Å². The fourth-order valence-electron chi connectivity index (χ4n) is 1.50. The Balaban J connectivity index is 2.04. The number of amides is 1. The number of hydrogen-bond donors (Lipinski definition) is 1. The van der Waals surface area contributed by atoms with Crippen LogP contribution < -0.4 is 5.32 Å². The van der Waals surface area contributed by atoms with Crippen LogP contribution in [0.5, 0.6) is 0 Å². The van der Waals surface area contributed by atoms with E-state index < -0.39 is 0 Å². The first kappa shape index (κ1) is 15.1. The number of unbranched alkanes of at least 4 members (excludes halogenated alkanes) is 1. The summed E-state index contributed by atoms with van der Waals surface area (Å²) in [6.07, 6.45) is 2.17. The molecule has 100 valence electrons. The minimum Gasteiger partial charge on any atom is -0.355 e. The summed E-state index contributed by atoms with van der Waals surface area (Å²) in [5.74, 6) is 0.617. The molecule has 1 N–H and O–H groups in total. The lowest BCUT2D eigenvalue weighted by atomic mass is 10.3. The van der Waals surface area contributed by atoms with Crippen LogP contribution in [-0.4, -0.2) is 43.7 Å². The zero-order valence-electron chi connectivity index (χ0n) is 11.2. The quantitative estimate of drug-likeness (QED) is 0.578. The van der Waals surface area contributed by atoms with E-state index in [1.54, 1.807) is 11.8 Å². The Labute approximate surface area is 114 Å². The molecule has 0 fully saturated rings. The lowest BCUT2D eigenvalue weighted by Crippen LogP contribution is -2.26. The minimum absolute atomic E-state index is 0.119. The number of hydrogen-bond acceptors (Lipinski definition) is 3. The topological polar surface area (TPSA) is 32.3 Å². The zero-order chi connectivity index (χ0) is 13.2. The van der Waals surface area contributed by atoms with Crippen LogP contribution in [0.3, 0.4) is 0 Å². The molecule has 0 aromatic heterocycles. The van der Waals surface area contributed by atoms with Gasteiger partial charge in [-0.3, -0.25) is 4.79 Å². The molecule has 0 radical (unpaired) electrons. The van der Waals surface area contributed by atoms with Crippen LogP contribution in [0.2, 0.25) is 0 Å². The summed E-state index contributed by atoms with van der Waals surface area (Å²) in [6.45, 7) is 1.86. The van der Waals surface area contributed by atoms with Gasteiger partial charge in [0.1, 0.15) is 0 Å². The van der Waals surface area contributed by atoms with Crippen molar-refractivity contribution in [2.24, 2.45) is 0 Å². The van der Waals surface area contributed by atoms with E-state index in [9.17, 15) is 4.79 Å². The molecule has 0 aliphatic carbocycles. The van der Waals surface area contributed by atoms with E-state index in [2.05, 4.69) is 24.3 Å². The molecule has 0 aliphatic rings. The Kier molecular flexibility index (Phi) is 7.53. The number of rotatable bonds is 8. The highest BCUT2D eigenvalue weighted by molar-refractivity contribution is 8.00. The zero-order valence-corrected chi connectivity index (χ0v) is 12.0. The molecule has 1 aromatic carbocycles. The maximum atomic E-state index is 11.6. The van der Waals surface area contributed by atoms with E-state index in [0.29, 0.717) is 5.75 Å². The Hall–Kier alpha value is -1.00. The van der Waals surface area contributed by atoms with Gasteiger partial charge >= 0.3 is 0 Å². The van der Waals surface area contributed by atoms with Gasteiger partial charge in [0, 0.05) is 11.4 Å². The van der Waals surface area contributed by atoms with Gasteiger partial charge in [0.15, 0.2) is 0 Å². The predicted molar refractivity (Wildman–Crippen MR) is 78.0 cm³/mol. The third kappa shape index (κ3) is 7.35. The molecule has 3 nitrogen and oxygen atoms in total. The lowest BCUT2D eigenvalue weighted by Gasteiger charge is -2.09. The molecular weight excluding hydrogens is 244 g/mol. The second kappa shape index (κ2) is 9.00. The molecular formula is C14H22N2OS. The van der Waals surface area contributed by atoms with Crippen LogP contribution in [0.15, 0.2) is 35.2 Å². The van der Waals surface area contributed by atoms with Crippen molar-refractivity contribution in [3.63, 3.8) is 0 Å². The van der Waals surface area contributed by atoms with Crippen molar-refractivity contribution in [2.75, 3.05) is 32.9 Å². The molecule has 1 aromatic rings. The molecule has 0 heterocycles. The van der Waals surface area contributed by atoms with Gasteiger partial charge in [0.2, 0.25) is 5.91 Å². The van der Waals surface area contributed by atoms with Gasteiger partial charge in [-0.25, -0.2) is 0 Å². The van der Waals surface area contributed by atoms with Crippen LogP contribution >= 0.6 is 11.8 Å². The van der Waals surface area contributed by atoms with Crippen LogP contribution in [0.4, 0.5) is 0 Å². The molecule has 1 rings (SSSR count). The van der Waals surface area contributed by atoms with E-state index in [1.807, 2.05) is 30.3 Å². The van der Waals surface area contributed by atoms with Gasteiger partial charge in [0.25, 0.3) is 0 Å². The van der Waals surface area contributed by atoms with Crippen molar-refractivity contribution >= 4 is 17.7 Å². The van der Waals surface area contributed by atoms with Crippen molar-refractivity contribution in [3.8, 4) is 0 Å². The molecule has 0 saturated carbocycles. The molecule has 0 unspecified atom stereocenters. The molecule has 4 heteroatoms. The third-order valence-electron chi connectivity index (χ3n) is 2.47. The number of nitrogens with one attached hydrogen (secondary N) is 1. The number of benzene rings is 1. The maximum Gasteiger partial charge on any atom is 0.230 e. The average Bonchev–Trinajstić information content (AvgIpc) is 2.37. The van der Waals surface area contributed by atoms with Crippen molar-refractivity contribution in [1.29, 1.82) is 0 Å². The lowest BCUT2D eigenvalue weighted by molar-refractivity contribution is -0.118. The van der Waals surface area contributed by atoms with E-state index in [4.69, 9.17) is 0 Å². The number of thioether (sulfide) groups is 1. The summed E-state index contributed by atoms with van der Waals surface area (Å²) in [7, 11) is 4.13. The van der Waals surface area contributed by atoms with Crippen LogP contribution in [0, 0.1) is 0 Å². The molecule has 18 heavy (non-hydrogen) atoms. The fraction of sp³-hybridized carbons (Fsp3) is 0.500. The van der Waals surface area contributed by atoms with Gasteiger partial charge in [-0.1, -0.05) is 18.2 Å². The Morgan fingerprint density at radius 1 is 1.22 bits per heavy atom. The largest absolute Gasteiger partial charge is 0.355 e. The predicted octanol–water partition coefficient (Wildman–Crippen LogP) is 2.24. The van der Waals surface area contributed by atoms with Crippen molar-refractivity contribution < 1.29 is 4.79 Å². The van der Waals surface area contributed by atoms with E-state index in [0.717, 1.165) is 30.8 Å². The average molecular weight is 266 g/mol. The van der Waals surface area contributed by atoms with E-state index in [1.165, 1.54) is 0 Å². The van der Waals surface area contributed by atoms with E-state index >= 15 is 0 Å². The molecule has 0 spiro atoms. The summed E-state index contributed by atoms with van der Waals surface area (Å²) in [6, 6.07) is 10.0. The molecule has 0 atom stereocenters. The monoisotopic (exact) mass is 266 g/mol. The summed E-state index contributed by atoms with van der Waals surface area (Å²) < 4.78 is 0. The molecule has 0 bridgehead atoms. The summed E-state index contributed by atoms with van der Waals surface area (Å²) >= 11 is 1.58. The summed E-state index contributed by atoms with van der Waals surface area (Å²) in [5, 5.41) is 2.95. The first-order valence-corrected chi connectivity index (χ1v) is 7.26. The standard InChI is InChI=1S/C14H22N2OS/c1-16(2)11-7-6-10-15-14(17)12-18-13-8-4-3-5-9-13/h3-5,8-9H,6-7,10-12H2,1-2H3,(H,15,17). The van der Waals surface area contributed by atoms with Crippen LogP contribution in [0.25, 0.3) is 0 Å². The Morgan fingerprint density at radius 3 is 2.61 bits per heavy atom. The van der Waals surface area contributed by atoms with Crippen molar-refractivity contribution in [3.05, 3.63) is 30.3 Å². The maximum absolute atomic E-state index is 11.6. The fourth-order valence-corrected chi connectivity index (χ4v) is 2.25. The second-order valence-electron chi connectivity index (χ2n) is 4.46. The number of carbonyl (C=O) groups excluding carboxylic acids is 1. The number of nitrogens with zero attached hydrogens (tertiary/aromatic N) is 1. The smallest absolute Gasteiger partial charge is 0.230 e. The highest BCUT2D eigenvalue weighted by Gasteiger charge is 2.01. The summed E-state index contributed by atoms with van der Waals surface area (Å²) in [4.78, 5) is 14.9. The normalized spacial score (nSPS) is 10.6. The van der Waals surface area contributed by atoms with Crippen molar-refractivity contribution in [1.82, 2.24) is 10.2 Å². The van der Waals surface area contributed by atoms with Gasteiger partial charge < -0.3 is 10.2 Å². The second-order valence-corrected chi connectivity index (χ2v) is 5.51. The minimum atomic E-state index is 0.119. The van der Waals surface area contributed by atoms with Gasteiger partial charge in [-0.15, -0.1) is 11.8 Å². The third-order valence-corrected chi connectivity index (χ3v) is 3.48. The summed E-state index contributed by atoms with van der Waals surface area (Å²) in [5.41, 5.74) is 0. The SMILES string of the molecule is CN(C)CCCCNC(=O)CSc1ccccc1. The highest BCUT2D eigenvalue weighted by Crippen LogP contribution is 2.16. The first-order chi connectivity index (χ1) is 8.68. The van der Waals surface area contributed by atoms with E-state index in [-0.39, 0.29) is 5.91 Å². The van der Waals surface area contributed by atoms with Gasteiger partial charge in [0.05, 0.1) is 5.75 Å². The van der Waals surface area contributed by atoms with Crippen LogP contribution in [0.1, 0.15) is 12.8 Å². The molecule has 0 saturated heterocycles. The highest BCUT2D eigenvalue weighted by atomic mass is 32.2. The number of carbonyl (C=O) groups is 1. The Bertz CT molecular complexity index is 341. The van der Waals surface area contributed by atoms with Crippen LogP contribution in [-0.2, 0) is 4.79 Å². The van der Waals surface area contributed by atoms with Crippen molar-refractivity contribution in [2.45, 2.75) is 17.7 Å².